The quantitative estimate of drug-likeness (QED) is 0.800. The molecule has 21 heavy (non-hydrogen) atoms. The van der Waals surface area contributed by atoms with Gasteiger partial charge in [-0.25, -0.2) is 4.39 Å². The summed E-state index contributed by atoms with van der Waals surface area (Å²) in [6.07, 6.45) is 1.43. The molecule has 0 saturated carbocycles. The fraction of sp³-hybridized carbons (Fsp3) is 0.588. The number of hydrogen-bond donors (Lipinski definition) is 1. The van der Waals surface area contributed by atoms with Crippen LogP contribution in [0, 0.1) is 17.7 Å². The summed E-state index contributed by atoms with van der Waals surface area (Å²) >= 11 is 0. The second-order valence-corrected chi connectivity index (χ2v) is 5.97. The average Bonchev–Trinajstić information content (AvgIpc) is 2.43. The molecular weight excluding hydrogens is 267 g/mol. The maximum Gasteiger partial charge on any atom is 0.223 e. The Labute approximate surface area is 127 Å². The minimum atomic E-state index is -0.268. The van der Waals surface area contributed by atoms with Crippen molar-refractivity contribution in [3.8, 4) is 0 Å². The van der Waals surface area contributed by atoms with Crippen LogP contribution in [-0.4, -0.2) is 23.9 Å². The number of benzene rings is 1. The highest BCUT2D eigenvalue weighted by Gasteiger charge is 2.18. The average molecular weight is 294 g/mol. The Morgan fingerprint density at radius 2 is 2.10 bits per heavy atom. The molecule has 0 aliphatic heterocycles. The van der Waals surface area contributed by atoms with Crippen molar-refractivity contribution in [1.82, 2.24) is 4.90 Å². The lowest BCUT2D eigenvalue weighted by Gasteiger charge is -2.24. The van der Waals surface area contributed by atoms with Gasteiger partial charge in [0.05, 0.1) is 0 Å². The van der Waals surface area contributed by atoms with Gasteiger partial charge in [0.2, 0.25) is 5.91 Å². The third-order valence-electron chi connectivity index (χ3n) is 3.60. The van der Waals surface area contributed by atoms with Gasteiger partial charge in [-0.3, -0.25) is 4.79 Å². The summed E-state index contributed by atoms with van der Waals surface area (Å²) in [5.41, 5.74) is 6.58. The van der Waals surface area contributed by atoms with E-state index in [1.807, 2.05) is 13.0 Å². The van der Waals surface area contributed by atoms with Gasteiger partial charge in [-0.1, -0.05) is 26.0 Å². The van der Waals surface area contributed by atoms with Gasteiger partial charge in [-0.05, 0) is 49.4 Å². The SMILES string of the molecule is CCN(Cc1cccc(F)c1)C(=O)C[C@@H](CN)CC(C)C. The summed E-state index contributed by atoms with van der Waals surface area (Å²) in [5, 5.41) is 0. The van der Waals surface area contributed by atoms with Crippen LogP contribution in [0.15, 0.2) is 24.3 Å². The van der Waals surface area contributed by atoms with Crippen molar-refractivity contribution >= 4 is 5.91 Å². The van der Waals surface area contributed by atoms with E-state index in [0.29, 0.717) is 32.0 Å². The summed E-state index contributed by atoms with van der Waals surface area (Å²) < 4.78 is 13.2. The lowest BCUT2D eigenvalue weighted by Crippen LogP contribution is -2.33. The van der Waals surface area contributed by atoms with Crippen LogP contribution in [0.4, 0.5) is 4.39 Å². The number of rotatable bonds is 8. The van der Waals surface area contributed by atoms with Crippen molar-refractivity contribution in [2.45, 2.75) is 40.2 Å². The van der Waals surface area contributed by atoms with E-state index >= 15 is 0 Å². The molecule has 1 amide bonds. The Hall–Kier alpha value is -1.42. The highest BCUT2D eigenvalue weighted by molar-refractivity contribution is 5.76. The highest BCUT2D eigenvalue weighted by atomic mass is 19.1. The van der Waals surface area contributed by atoms with Gasteiger partial charge in [0.15, 0.2) is 0 Å². The van der Waals surface area contributed by atoms with Crippen LogP contribution < -0.4 is 5.73 Å². The second-order valence-electron chi connectivity index (χ2n) is 5.97. The zero-order valence-corrected chi connectivity index (χ0v) is 13.3. The smallest absolute Gasteiger partial charge is 0.223 e. The van der Waals surface area contributed by atoms with Crippen molar-refractivity contribution in [2.75, 3.05) is 13.1 Å². The van der Waals surface area contributed by atoms with E-state index in [2.05, 4.69) is 13.8 Å². The monoisotopic (exact) mass is 294 g/mol. The molecule has 0 aliphatic rings. The van der Waals surface area contributed by atoms with Crippen LogP contribution in [0.5, 0.6) is 0 Å². The second kappa shape index (κ2) is 8.78. The first kappa shape index (κ1) is 17.6. The van der Waals surface area contributed by atoms with Gasteiger partial charge in [-0.15, -0.1) is 0 Å². The molecule has 0 heterocycles. The molecule has 1 aromatic rings. The number of hydrogen-bond acceptors (Lipinski definition) is 2. The third-order valence-corrected chi connectivity index (χ3v) is 3.60. The fourth-order valence-electron chi connectivity index (χ4n) is 2.54. The molecule has 3 nitrogen and oxygen atoms in total. The largest absolute Gasteiger partial charge is 0.339 e. The van der Waals surface area contributed by atoms with E-state index in [9.17, 15) is 9.18 Å². The van der Waals surface area contributed by atoms with Crippen molar-refractivity contribution in [1.29, 1.82) is 0 Å². The zero-order chi connectivity index (χ0) is 15.8. The Balaban J connectivity index is 2.64. The number of halogens is 1. The topological polar surface area (TPSA) is 46.3 Å². The van der Waals surface area contributed by atoms with Gasteiger partial charge < -0.3 is 10.6 Å². The van der Waals surface area contributed by atoms with E-state index in [-0.39, 0.29) is 17.6 Å². The maximum atomic E-state index is 13.2. The van der Waals surface area contributed by atoms with Gasteiger partial charge >= 0.3 is 0 Å². The van der Waals surface area contributed by atoms with Crippen LogP contribution in [0.3, 0.4) is 0 Å². The van der Waals surface area contributed by atoms with Crippen LogP contribution in [-0.2, 0) is 11.3 Å². The molecule has 2 N–H and O–H groups in total. The molecule has 4 heteroatoms. The van der Waals surface area contributed by atoms with Crippen LogP contribution in [0.2, 0.25) is 0 Å². The van der Waals surface area contributed by atoms with Crippen molar-refractivity contribution in [3.05, 3.63) is 35.6 Å². The number of nitrogens with zero attached hydrogens (tertiary/aromatic N) is 1. The first-order valence-electron chi connectivity index (χ1n) is 7.68. The predicted molar refractivity (Wildman–Crippen MR) is 84.1 cm³/mol. The molecule has 118 valence electrons. The van der Waals surface area contributed by atoms with Crippen molar-refractivity contribution < 1.29 is 9.18 Å². The summed E-state index contributed by atoms with van der Waals surface area (Å²) in [5.74, 6) is 0.581. The minimum Gasteiger partial charge on any atom is -0.339 e. The van der Waals surface area contributed by atoms with Crippen LogP contribution >= 0.6 is 0 Å². The molecule has 0 bridgehead atoms. The molecule has 0 unspecified atom stereocenters. The summed E-state index contributed by atoms with van der Waals surface area (Å²) in [7, 11) is 0. The van der Waals surface area contributed by atoms with Crippen molar-refractivity contribution in [3.63, 3.8) is 0 Å². The van der Waals surface area contributed by atoms with Crippen LogP contribution in [0.25, 0.3) is 0 Å². The van der Waals surface area contributed by atoms with E-state index in [4.69, 9.17) is 5.73 Å². The van der Waals surface area contributed by atoms with Gasteiger partial charge in [0.25, 0.3) is 0 Å². The first-order chi connectivity index (χ1) is 9.96. The number of carbonyl (C=O) groups excluding carboxylic acids is 1. The summed E-state index contributed by atoms with van der Waals surface area (Å²) in [6.45, 7) is 7.81. The molecule has 0 aromatic heterocycles. The molecule has 1 rings (SSSR count). The minimum absolute atomic E-state index is 0.0952. The molecule has 0 aliphatic carbocycles. The Kier molecular flexibility index (Phi) is 7.37. The number of amides is 1. The van der Waals surface area contributed by atoms with Gasteiger partial charge in [0.1, 0.15) is 5.82 Å². The fourth-order valence-corrected chi connectivity index (χ4v) is 2.54. The molecule has 0 fully saturated rings. The molecular formula is C17H27FN2O. The highest BCUT2D eigenvalue weighted by Crippen LogP contribution is 2.17. The number of nitrogens with two attached hydrogens (primary N) is 1. The Morgan fingerprint density at radius 3 is 2.62 bits per heavy atom. The van der Waals surface area contributed by atoms with Crippen LogP contribution in [0.1, 0.15) is 39.2 Å². The van der Waals surface area contributed by atoms with Gasteiger partial charge in [-0.2, -0.15) is 0 Å². The van der Waals surface area contributed by atoms with E-state index in [1.165, 1.54) is 12.1 Å². The summed E-state index contributed by atoms with van der Waals surface area (Å²) in [6, 6.07) is 6.40. The molecule has 0 saturated heterocycles. The van der Waals surface area contributed by atoms with E-state index in [1.54, 1.807) is 11.0 Å². The molecule has 1 aromatic carbocycles. The van der Waals surface area contributed by atoms with E-state index in [0.717, 1.165) is 12.0 Å². The van der Waals surface area contributed by atoms with Crippen molar-refractivity contribution in [2.24, 2.45) is 17.6 Å². The zero-order valence-electron chi connectivity index (χ0n) is 13.3. The molecule has 0 spiro atoms. The maximum absolute atomic E-state index is 13.2. The standard InChI is InChI=1S/C17H27FN2O/c1-4-20(12-14-6-5-7-16(18)9-14)17(21)10-15(11-19)8-13(2)3/h5-7,9,13,15H,4,8,10-12,19H2,1-3H3/t15-/m0/s1. The molecule has 1 atom stereocenters. The number of carbonyl (C=O) groups is 1. The third kappa shape index (κ3) is 6.25. The lowest BCUT2D eigenvalue weighted by atomic mass is 9.93. The lowest BCUT2D eigenvalue weighted by molar-refractivity contribution is -0.132. The predicted octanol–water partition coefficient (Wildman–Crippen LogP) is 3.19. The first-order valence-corrected chi connectivity index (χ1v) is 7.68. The van der Waals surface area contributed by atoms with Gasteiger partial charge in [0, 0.05) is 19.5 Å². The Morgan fingerprint density at radius 1 is 1.38 bits per heavy atom. The molecule has 0 radical (unpaired) electrons. The Bertz CT molecular complexity index is 448. The normalized spacial score (nSPS) is 12.5. The summed E-state index contributed by atoms with van der Waals surface area (Å²) in [4.78, 5) is 14.2. The van der Waals surface area contributed by atoms with E-state index < -0.39 is 0 Å².